The van der Waals surface area contributed by atoms with Crippen molar-refractivity contribution in [3.05, 3.63) is 95.0 Å². The third-order valence-electron chi connectivity index (χ3n) is 3.97. The molecule has 2 aromatic heterocycles. The Bertz CT molecular complexity index is 1040. The van der Waals surface area contributed by atoms with Gasteiger partial charge in [-0.3, -0.25) is 14.3 Å². The molecule has 0 spiro atoms. The molecule has 0 aliphatic rings. The Balaban J connectivity index is 1.98. The van der Waals surface area contributed by atoms with E-state index in [-0.39, 0.29) is 5.56 Å². The molecule has 0 aliphatic carbocycles. The van der Waals surface area contributed by atoms with Gasteiger partial charge in [0.2, 0.25) is 0 Å². The minimum atomic E-state index is -0.0733. The fourth-order valence-corrected chi connectivity index (χ4v) is 2.79. The molecule has 4 heteroatoms. The van der Waals surface area contributed by atoms with Crippen LogP contribution >= 0.6 is 0 Å². The normalized spacial score (nSPS) is 10.8. The van der Waals surface area contributed by atoms with Crippen LogP contribution in [0.15, 0.2) is 83.9 Å². The minimum Gasteiger partial charge on any atom is -0.288 e. The Hall–Kier alpha value is -3.27. The molecule has 2 heterocycles. The SMILES string of the molecule is O=c1c2cnccc2nc(-c2ccccc2)n1Cc1ccccc1. The van der Waals surface area contributed by atoms with Gasteiger partial charge in [0.05, 0.1) is 17.4 Å². The maximum absolute atomic E-state index is 13.0. The Morgan fingerprint density at radius 2 is 1.58 bits per heavy atom. The number of hydrogen-bond donors (Lipinski definition) is 0. The molecule has 0 fully saturated rings. The summed E-state index contributed by atoms with van der Waals surface area (Å²) in [6.45, 7) is 0.474. The predicted octanol–water partition coefficient (Wildman–Crippen LogP) is 3.51. The van der Waals surface area contributed by atoms with E-state index in [2.05, 4.69) is 4.98 Å². The van der Waals surface area contributed by atoms with Gasteiger partial charge in [0, 0.05) is 18.0 Å². The molecule has 4 rings (SSSR count). The van der Waals surface area contributed by atoms with Gasteiger partial charge < -0.3 is 0 Å². The van der Waals surface area contributed by atoms with E-state index in [1.54, 1.807) is 23.0 Å². The molecule has 0 saturated carbocycles. The fourth-order valence-electron chi connectivity index (χ4n) is 2.79. The Labute approximate surface area is 139 Å². The first-order valence-electron chi connectivity index (χ1n) is 7.77. The van der Waals surface area contributed by atoms with Crippen molar-refractivity contribution in [1.29, 1.82) is 0 Å². The molecule has 2 aromatic carbocycles. The molecule has 4 aromatic rings. The number of pyridine rings is 1. The molecule has 24 heavy (non-hydrogen) atoms. The van der Waals surface area contributed by atoms with Crippen LogP contribution in [0.5, 0.6) is 0 Å². The number of rotatable bonds is 3. The average Bonchev–Trinajstić information content (AvgIpc) is 2.65. The number of fused-ring (bicyclic) bond motifs is 1. The summed E-state index contributed by atoms with van der Waals surface area (Å²) in [6.07, 6.45) is 3.24. The quantitative estimate of drug-likeness (QED) is 0.581. The van der Waals surface area contributed by atoms with Gasteiger partial charge in [-0.05, 0) is 11.6 Å². The van der Waals surface area contributed by atoms with Crippen molar-refractivity contribution in [2.24, 2.45) is 0 Å². The molecule has 0 radical (unpaired) electrons. The molecule has 4 nitrogen and oxygen atoms in total. The molecule has 0 atom stereocenters. The number of aromatic nitrogens is 3. The van der Waals surface area contributed by atoms with Crippen LogP contribution in [0.2, 0.25) is 0 Å². The molecule has 0 N–H and O–H groups in total. The first kappa shape index (κ1) is 14.3. The maximum Gasteiger partial charge on any atom is 0.263 e. The fraction of sp³-hybridized carbons (Fsp3) is 0.0500. The Morgan fingerprint density at radius 3 is 2.33 bits per heavy atom. The van der Waals surface area contributed by atoms with Crippen LogP contribution in [0, 0.1) is 0 Å². The van der Waals surface area contributed by atoms with E-state index in [4.69, 9.17) is 4.98 Å². The highest BCUT2D eigenvalue weighted by Gasteiger charge is 2.13. The third-order valence-corrected chi connectivity index (χ3v) is 3.97. The summed E-state index contributed by atoms with van der Waals surface area (Å²) >= 11 is 0. The van der Waals surface area contributed by atoms with Crippen LogP contribution in [0.3, 0.4) is 0 Å². The highest BCUT2D eigenvalue weighted by atomic mass is 16.1. The van der Waals surface area contributed by atoms with Gasteiger partial charge >= 0.3 is 0 Å². The minimum absolute atomic E-state index is 0.0733. The summed E-state index contributed by atoms with van der Waals surface area (Å²) in [5, 5.41) is 0.535. The van der Waals surface area contributed by atoms with Gasteiger partial charge in [0.25, 0.3) is 5.56 Å². The predicted molar refractivity (Wildman–Crippen MR) is 94.8 cm³/mol. The van der Waals surface area contributed by atoms with Crippen molar-refractivity contribution in [1.82, 2.24) is 14.5 Å². The van der Waals surface area contributed by atoms with Crippen LogP contribution in [0.4, 0.5) is 0 Å². The zero-order valence-electron chi connectivity index (χ0n) is 13.0. The second-order valence-corrected chi connectivity index (χ2v) is 5.57. The summed E-state index contributed by atoms with van der Waals surface area (Å²) in [4.78, 5) is 21.8. The van der Waals surface area contributed by atoms with E-state index in [1.165, 1.54) is 0 Å². The van der Waals surface area contributed by atoms with Crippen molar-refractivity contribution in [3.8, 4) is 11.4 Å². The van der Waals surface area contributed by atoms with E-state index < -0.39 is 0 Å². The van der Waals surface area contributed by atoms with Gasteiger partial charge in [-0.2, -0.15) is 0 Å². The molecule has 0 aliphatic heterocycles. The van der Waals surface area contributed by atoms with Crippen LogP contribution < -0.4 is 5.56 Å². The van der Waals surface area contributed by atoms with E-state index in [0.29, 0.717) is 23.3 Å². The summed E-state index contributed by atoms with van der Waals surface area (Å²) in [5.74, 6) is 0.670. The summed E-state index contributed by atoms with van der Waals surface area (Å²) in [5.41, 5.74) is 2.57. The molecular weight excluding hydrogens is 298 g/mol. The Kier molecular flexibility index (Phi) is 3.63. The molecule has 0 unspecified atom stereocenters. The smallest absolute Gasteiger partial charge is 0.263 e. The van der Waals surface area contributed by atoms with E-state index in [9.17, 15) is 4.79 Å². The van der Waals surface area contributed by atoms with E-state index in [1.807, 2.05) is 60.7 Å². The molecule has 0 saturated heterocycles. The van der Waals surface area contributed by atoms with Crippen molar-refractivity contribution < 1.29 is 0 Å². The van der Waals surface area contributed by atoms with Crippen LogP contribution in [-0.2, 0) is 6.54 Å². The van der Waals surface area contributed by atoms with Gasteiger partial charge in [-0.25, -0.2) is 4.98 Å². The average molecular weight is 313 g/mol. The molecule has 0 amide bonds. The monoisotopic (exact) mass is 313 g/mol. The topological polar surface area (TPSA) is 47.8 Å². The van der Waals surface area contributed by atoms with Gasteiger partial charge in [0.15, 0.2) is 0 Å². The first-order valence-corrected chi connectivity index (χ1v) is 7.77. The highest BCUT2D eigenvalue weighted by Crippen LogP contribution is 2.19. The van der Waals surface area contributed by atoms with Crippen LogP contribution in [-0.4, -0.2) is 14.5 Å². The second-order valence-electron chi connectivity index (χ2n) is 5.57. The van der Waals surface area contributed by atoms with Gasteiger partial charge in [-0.1, -0.05) is 60.7 Å². The standard InChI is InChI=1S/C20H15N3O/c24-20-17-13-21-12-11-18(17)22-19(16-9-5-2-6-10-16)23(20)14-15-7-3-1-4-8-15/h1-13H,14H2. The summed E-state index contributed by atoms with van der Waals surface area (Å²) in [6, 6.07) is 21.5. The van der Waals surface area contributed by atoms with Crippen LogP contribution in [0.25, 0.3) is 22.3 Å². The van der Waals surface area contributed by atoms with Crippen molar-refractivity contribution >= 4 is 10.9 Å². The maximum atomic E-state index is 13.0. The summed E-state index contributed by atoms with van der Waals surface area (Å²) < 4.78 is 1.72. The third kappa shape index (κ3) is 2.58. The number of nitrogens with zero attached hydrogens (tertiary/aromatic N) is 3. The van der Waals surface area contributed by atoms with Crippen molar-refractivity contribution in [2.75, 3.05) is 0 Å². The molecule has 0 bridgehead atoms. The van der Waals surface area contributed by atoms with E-state index in [0.717, 1.165) is 11.1 Å². The zero-order valence-corrected chi connectivity index (χ0v) is 13.0. The lowest BCUT2D eigenvalue weighted by Gasteiger charge is -2.13. The van der Waals surface area contributed by atoms with Crippen molar-refractivity contribution in [2.45, 2.75) is 6.54 Å². The lowest BCUT2D eigenvalue weighted by molar-refractivity contribution is 0.759. The Morgan fingerprint density at radius 1 is 0.875 bits per heavy atom. The van der Waals surface area contributed by atoms with Gasteiger partial charge in [-0.15, -0.1) is 0 Å². The number of hydrogen-bond acceptors (Lipinski definition) is 3. The summed E-state index contributed by atoms with van der Waals surface area (Å²) in [7, 11) is 0. The van der Waals surface area contributed by atoms with Gasteiger partial charge in [0.1, 0.15) is 5.82 Å². The number of benzene rings is 2. The highest BCUT2D eigenvalue weighted by molar-refractivity contribution is 5.78. The lowest BCUT2D eigenvalue weighted by Crippen LogP contribution is -2.24. The van der Waals surface area contributed by atoms with Crippen molar-refractivity contribution in [3.63, 3.8) is 0 Å². The largest absolute Gasteiger partial charge is 0.288 e. The van der Waals surface area contributed by atoms with E-state index >= 15 is 0 Å². The van der Waals surface area contributed by atoms with Crippen LogP contribution in [0.1, 0.15) is 5.56 Å². The zero-order chi connectivity index (χ0) is 16.4. The lowest BCUT2D eigenvalue weighted by atomic mass is 10.1. The first-order chi connectivity index (χ1) is 11.8. The second kappa shape index (κ2) is 6.08. The molecular formula is C20H15N3O. The molecule has 116 valence electrons.